The third kappa shape index (κ3) is 4.76. The molecule has 1 aliphatic carbocycles. The predicted molar refractivity (Wildman–Crippen MR) is 145 cm³/mol. The van der Waals surface area contributed by atoms with Crippen molar-refractivity contribution in [1.29, 1.82) is 5.26 Å². The molecule has 9 nitrogen and oxygen atoms in total. The lowest BCUT2D eigenvalue weighted by Gasteiger charge is -2.38. The number of alkyl halides is 1. The number of rotatable bonds is 6. The second kappa shape index (κ2) is 9.71. The summed E-state index contributed by atoms with van der Waals surface area (Å²) in [6, 6.07) is 8.91. The van der Waals surface area contributed by atoms with E-state index in [0.29, 0.717) is 66.3 Å². The van der Waals surface area contributed by atoms with Crippen molar-refractivity contribution >= 4 is 40.0 Å². The molecule has 2 fully saturated rings. The molecular weight excluding hydrogens is 511 g/mol. The van der Waals surface area contributed by atoms with Crippen LogP contribution in [0.15, 0.2) is 33.9 Å². The minimum Gasteiger partial charge on any atom is -0.390 e. The van der Waals surface area contributed by atoms with Crippen LogP contribution >= 0.6 is 11.6 Å². The normalized spacial score (nSPS) is 22.3. The van der Waals surface area contributed by atoms with Gasteiger partial charge >= 0.3 is 11.1 Å². The molecule has 1 aliphatic heterocycles. The third-order valence-corrected chi connectivity index (χ3v) is 8.02. The summed E-state index contributed by atoms with van der Waals surface area (Å²) < 4.78 is 17.1. The zero-order chi connectivity index (χ0) is 27.4. The highest BCUT2D eigenvalue weighted by Gasteiger charge is 2.40. The number of benzene rings is 1. The van der Waals surface area contributed by atoms with Gasteiger partial charge < -0.3 is 24.5 Å². The van der Waals surface area contributed by atoms with Crippen LogP contribution in [0.5, 0.6) is 0 Å². The van der Waals surface area contributed by atoms with E-state index in [1.807, 2.05) is 18.7 Å². The number of pyridine rings is 1. The first kappa shape index (κ1) is 26.2. The first-order valence-corrected chi connectivity index (χ1v) is 13.1. The Morgan fingerprint density at radius 1 is 1.18 bits per heavy atom. The number of nitrogens with zero attached hydrogens (tertiary/aromatic N) is 5. The Balaban J connectivity index is 1.53. The highest BCUT2D eigenvalue weighted by molar-refractivity contribution is 6.33. The topological polar surface area (TPSA) is 116 Å². The number of aromatic nitrogens is 3. The molecule has 0 bridgehead atoms. The van der Waals surface area contributed by atoms with Gasteiger partial charge in [0.1, 0.15) is 18.1 Å². The Bertz CT molecular complexity index is 1560. The summed E-state index contributed by atoms with van der Waals surface area (Å²) in [7, 11) is 1.55. The third-order valence-electron chi connectivity index (χ3n) is 7.73. The predicted octanol–water partition coefficient (Wildman–Crippen LogP) is 3.71. The molecule has 1 saturated carbocycles. The SMILES string of the molecule is C[C@@H]1CN(c2nc(Nc3ccc4c(c3)n(CCC3(O)CC3)c(=O)c(=O)n4C)c(Cl)cc2C#N)C[C@H](C)C1F. The second-order valence-electron chi connectivity index (χ2n) is 10.7. The van der Waals surface area contributed by atoms with Crippen LogP contribution in [-0.4, -0.2) is 44.1 Å². The summed E-state index contributed by atoms with van der Waals surface area (Å²) >= 11 is 6.49. The summed E-state index contributed by atoms with van der Waals surface area (Å²) in [5, 5.41) is 23.4. The molecule has 3 aromatic rings. The summed E-state index contributed by atoms with van der Waals surface area (Å²) in [5.74, 6) is 0.324. The monoisotopic (exact) mass is 540 g/mol. The largest absolute Gasteiger partial charge is 0.390 e. The number of nitrogens with one attached hydrogen (secondary N) is 1. The number of anilines is 3. The molecule has 38 heavy (non-hydrogen) atoms. The van der Waals surface area contributed by atoms with Crippen molar-refractivity contribution in [2.75, 3.05) is 23.3 Å². The van der Waals surface area contributed by atoms with Crippen LogP contribution in [0.1, 0.15) is 38.7 Å². The van der Waals surface area contributed by atoms with Gasteiger partial charge in [0.15, 0.2) is 5.82 Å². The lowest BCUT2D eigenvalue weighted by molar-refractivity contribution is 0.134. The average molecular weight is 541 g/mol. The van der Waals surface area contributed by atoms with Crippen LogP contribution in [0.3, 0.4) is 0 Å². The highest BCUT2D eigenvalue weighted by Crippen LogP contribution is 2.39. The number of aliphatic hydroxyl groups is 1. The highest BCUT2D eigenvalue weighted by atomic mass is 35.5. The van der Waals surface area contributed by atoms with Crippen LogP contribution in [0.4, 0.5) is 21.7 Å². The molecule has 3 atom stereocenters. The van der Waals surface area contributed by atoms with E-state index in [-0.39, 0.29) is 23.4 Å². The lowest BCUT2D eigenvalue weighted by atomic mass is 9.89. The fourth-order valence-corrected chi connectivity index (χ4v) is 5.45. The number of hydrogen-bond donors (Lipinski definition) is 2. The summed E-state index contributed by atoms with van der Waals surface area (Å²) in [4.78, 5) is 32.0. The Kier molecular flexibility index (Phi) is 6.70. The number of nitriles is 1. The molecule has 1 saturated heterocycles. The van der Waals surface area contributed by atoms with Gasteiger partial charge in [0, 0.05) is 44.2 Å². The number of fused-ring (bicyclic) bond motifs is 1. The van der Waals surface area contributed by atoms with E-state index in [4.69, 9.17) is 11.6 Å². The molecule has 1 aromatic carbocycles. The smallest absolute Gasteiger partial charge is 0.316 e. The van der Waals surface area contributed by atoms with Crippen molar-refractivity contribution in [2.24, 2.45) is 18.9 Å². The summed E-state index contributed by atoms with van der Waals surface area (Å²) in [5.41, 5.74) is -0.0875. The zero-order valence-electron chi connectivity index (χ0n) is 21.5. The Labute approximate surface area is 224 Å². The standard InChI is InChI=1S/C27H30ClFN6O3/c1-15-13-34(14-16(2)22(15)29)24-17(12-30)10-19(28)23(32-24)31-18-4-5-20-21(11-18)35(9-8-27(38)6-7-27)26(37)25(36)33(20)3/h4-5,10-11,15-16,22,38H,6-9,13-14H2,1-3H3,(H,31,32)/t15-,16+,22?. The molecule has 0 spiro atoms. The Hall–Kier alpha value is -3.42. The maximum atomic E-state index is 14.4. The van der Waals surface area contributed by atoms with Gasteiger partial charge in [-0.3, -0.25) is 9.59 Å². The maximum Gasteiger partial charge on any atom is 0.316 e. The van der Waals surface area contributed by atoms with Gasteiger partial charge in [-0.25, -0.2) is 9.37 Å². The quantitative estimate of drug-likeness (QED) is 0.458. The van der Waals surface area contributed by atoms with Crippen molar-refractivity contribution in [3.63, 3.8) is 0 Å². The molecule has 2 aliphatic rings. The van der Waals surface area contributed by atoms with Crippen LogP contribution in [0.25, 0.3) is 11.0 Å². The van der Waals surface area contributed by atoms with Gasteiger partial charge in [-0.1, -0.05) is 25.4 Å². The van der Waals surface area contributed by atoms with Crippen molar-refractivity contribution in [1.82, 2.24) is 14.1 Å². The fourth-order valence-electron chi connectivity index (χ4n) is 5.25. The fraction of sp³-hybridized carbons (Fsp3) is 0.481. The number of piperidine rings is 1. The van der Waals surface area contributed by atoms with Gasteiger partial charge in [-0.2, -0.15) is 5.26 Å². The zero-order valence-corrected chi connectivity index (χ0v) is 22.3. The molecule has 11 heteroatoms. The average Bonchev–Trinajstić information content (AvgIpc) is 3.63. The van der Waals surface area contributed by atoms with Gasteiger partial charge in [0.25, 0.3) is 0 Å². The van der Waals surface area contributed by atoms with Crippen LogP contribution < -0.4 is 21.3 Å². The Morgan fingerprint density at radius 2 is 1.87 bits per heavy atom. The second-order valence-corrected chi connectivity index (χ2v) is 11.1. The van der Waals surface area contributed by atoms with E-state index >= 15 is 0 Å². The van der Waals surface area contributed by atoms with Gasteiger partial charge in [-0.05, 0) is 43.5 Å². The molecule has 5 rings (SSSR count). The van der Waals surface area contributed by atoms with Gasteiger partial charge in [-0.15, -0.1) is 0 Å². The molecule has 3 heterocycles. The first-order chi connectivity index (χ1) is 18.0. The van der Waals surface area contributed by atoms with Crippen molar-refractivity contribution < 1.29 is 9.50 Å². The first-order valence-electron chi connectivity index (χ1n) is 12.7. The number of hydrogen-bond acceptors (Lipinski definition) is 7. The van der Waals surface area contributed by atoms with E-state index in [9.17, 15) is 24.3 Å². The molecule has 2 aromatic heterocycles. The lowest BCUT2D eigenvalue weighted by Crippen LogP contribution is -2.46. The van der Waals surface area contributed by atoms with E-state index in [1.54, 1.807) is 31.3 Å². The summed E-state index contributed by atoms with van der Waals surface area (Å²) in [6.45, 7) is 4.76. The van der Waals surface area contributed by atoms with E-state index in [2.05, 4.69) is 16.4 Å². The van der Waals surface area contributed by atoms with Crippen molar-refractivity contribution in [3.8, 4) is 6.07 Å². The molecule has 0 amide bonds. The van der Waals surface area contributed by atoms with Crippen LogP contribution in [0, 0.1) is 23.2 Å². The molecule has 2 N–H and O–H groups in total. The maximum absolute atomic E-state index is 14.4. The minimum atomic E-state index is -0.923. The number of aryl methyl sites for hydroxylation is 2. The van der Waals surface area contributed by atoms with Gasteiger partial charge in [0.05, 0.1) is 27.2 Å². The molecule has 1 unspecified atom stereocenters. The summed E-state index contributed by atoms with van der Waals surface area (Å²) in [6.07, 6.45) is 0.825. The van der Waals surface area contributed by atoms with Crippen LogP contribution in [-0.2, 0) is 13.6 Å². The van der Waals surface area contributed by atoms with Crippen LogP contribution in [0.2, 0.25) is 5.02 Å². The van der Waals surface area contributed by atoms with E-state index in [1.165, 1.54) is 9.13 Å². The van der Waals surface area contributed by atoms with Gasteiger partial charge in [0.2, 0.25) is 0 Å². The molecular formula is C27H30ClFN6O3. The number of halogens is 2. The van der Waals surface area contributed by atoms with Crippen molar-refractivity contribution in [3.05, 3.63) is 55.6 Å². The Morgan fingerprint density at radius 3 is 2.50 bits per heavy atom. The van der Waals surface area contributed by atoms with E-state index < -0.39 is 22.9 Å². The minimum absolute atomic E-state index is 0.211. The molecule has 200 valence electrons. The van der Waals surface area contributed by atoms with Crippen molar-refractivity contribution in [2.45, 2.75) is 51.4 Å². The molecule has 0 radical (unpaired) electrons. The van der Waals surface area contributed by atoms with E-state index in [0.717, 1.165) is 0 Å².